The maximum Gasteiger partial charge on any atom is 0.327 e. The minimum Gasteiger partial charge on any atom is -0.480 e. The van der Waals surface area contributed by atoms with Gasteiger partial charge < -0.3 is 20.8 Å². The number of amides is 2. The van der Waals surface area contributed by atoms with Crippen LogP contribution in [0, 0.1) is 0 Å². The standard InChI is InChI=1S/C22H27N3O5S/c26-14-18(21(28)24-19(15-31)22(29)30)23-20(27)13-25(11-16-7-3-1-4-8-16)12-17-9-5-2-6-10-17/h1-10,18-19,26,31H,11-15H2,(H,23,27)(H,24,28)(H,29,30)/t18-,19-/m0/s1. The van der Waals surface area contributed by atoms with Crippen molar-refractivity contribution < 1.29 is 24.6 Å². The summed E-state index contributed by atoms with van der Waals surface area (Å²) >= 11 is 3.88. The number of carboxylic acids is 1. The quantitative estimate of drug-likeness (QED) is 0.306. The van der Waals surface area contributed by atoms with Crippen molar-refractivity contribution in [3.8, 4) is 0 Å². The molecule has 4 N–H and O–H groups in total. The zero-order valence-corrected chi connectivity index (χ0v) is 17.9. The molecule has 0 fully saturated rings. The molecule has 8 nitrogen and oxygen atoms in total. The minimum atomic E-state index is -1.26. The number of carbonyl (C=O) groups excluding carboxylic acids is 2. The van der Waals surface area contributed by atoms with Crippen LogP contribution in [0.4, 0.5) is 0 Å². The Morgan fingerprint density at radius 3 is 1.81 bits per heavy atom. The largest absolute Gasteiger partial charge is 0.480 e. The van der Waals surface area contributed by atoms with E-state index < -0.39 is 36.5 Å². The molecular weight excluding hydrogens is 418 g/mol. The molecule has 0 unspecified atom stereocenters. The minimum absolute atomic E-state index is 0.0114. The van der Waals surface area contributed by atoms with E-state index in [1.165, 1.54) is 0 Å². The van der Waals surface area contributed by atoms with Gasteiger partial charge in [-0.2, -0.15) is 12.6 Å². The summed E-state index contributed by atoms with van der Waals surface area (Å²) in [7, 11) is 0. The number of carbonyl (C=O) groups is 3. The van der Waals surface area contributed by atoms with E-state index in [0.29, 0.717) is 13.1 Å². The summed E-state index contributed by atoms with van der Waals surface area (Å²) in [4.78, 5) is 37.9. The Morgan fingerprint density at radius 2 is 1.39 bits per heavy atom. The molecule has 0 radical (unpaired) electrons. The number of carboxylic acid groups (broad SMARTS) is 1. The van der Waals surface area contributed by atoms with E-state index >= 15 is 0 Å². The number of hydrogen-bond acceptors (Lipinski definition) is 6. The van der Waals surface area contributed by atoms with E-state index in [-0.39, 0.29) is 12.3 Å². The summed E-state index contributed by atoms with van der Waals surface area (Å²) in [6.07, 6.45) is 0. The average molecular weight is 446 g/mol. The molecule has 0 aromatic heterocycles. The molecule has 31 heavy (non-hydrogen) atoms. The molecular formula is C22H27N3O5S. The van der Waals surface area contributed by atoms with Crippen LogP contribution in [0.3, 0.4) is 0 Å². The van der Waals surface area contributed by atoms with E-state index in [9.17, 15) is 19.5 Å². The van der Waals surface area contributed by atoms with Gasteiger partial charge in [-0.1, -0.05) is 60.7 Å². The molecule has 0 heterocycles. The fourth-order valence-corrected chi connectivity index (χ4v) is 3.19. The van der Waals surface area contributed by atoms with Crippen molar-refractivity contribution >= 4 is 30.4 Å². The van der Waals surface area contributed by atoms with Crippen molar-refractivity contribution in [1.29, 1.82) is 0 Å². The number of aliphatic hydroxyl groups excluding tert-OH is 1. The molecule has 2 amide bonds. The second-order valence-corrected chi connectivity index (χ2v) is 7.37. The van der Waals surface area contributed by atoms with Crippen molar-refractivity contribution in [3.05, 3.63) is 71.8 Å². The van der Waals surface area contributed by atoms with E-state index in [4.69, 9.17) is 5.11 Å². The smallest absolute Gasteiger partial charge is 0.327 e. The third-order valence-corrected chi connectivity index (χ3v) is 4.86. The van der Waals surface area contributed by atoms with Gasteiger partial charge in [0.05, 0.1) is 13.2 Å². The predicted molar refractivity (Wildman–Crippen MR) is 119 cm³/mol. The lowest BCUT2D eigenvalue weighted by Gasteiger charge is -2.24. The van der Waals surface area contributed by atoms with Crippen LogP contribution in [-0.4, -0.2) is 63.9 Å². The van der Waals surface area contributed by atoms with E-state index in [2.05, 4.69) is 23.3 Å². The van der Waals surface area contributed by atoms with Crippen LogP contribution in [0.1, 0.15) is 11.1 Å². The highest BCUT2D eigenvalue weighted by atomic mass is 32.1. The van der Waals surface area contributed by atoms with Crippen molar-refractivity contribution in [2.75, 3.05) is 18.9 Å². The van der Waals surface area contributed by atoms with E-state index in [1.54, 1.807) is 0 Å². The maximum atomic E-state index is 12.6. The molecule has 0 aliphatic rings. The van der Waals surface area contributed by atoms with Crippen LogP contribution in [0.25, 0.3) is 0 Å². The van der Waals surface area contributed by atoms with Gasteiger partial charge in [0.25, 0.3) is 0 Å². The number of nitrogens with one attached hydrogen (secondary N) is 2. The van der Waals surface area contributed by atoms with E-state index in [1.807, 2.05) is 65.6 Å². The maximum absolute atomic E-state index is 12.6. The number of aliphatic carboxylic acids is 1. The number of nitrogens with zero attached hydrogens (tertiary/aromatic N) is 1. The molecule has 2 aromatic rings. The van der Waals surface area contributed by atoms with Crippen LogP contribution in [-0.2, 0) is 27.5 Å². The van der Waals surface area contributed by atoms with Gasteiger partial charge in [-0.3, -0.25) is 14.5 Å². The Bertz CT molecular complexity index is 809. The molecule has 166 valence electrons. The van der Waals surface area contributed by atoms with Gasteiger partial charge in [0.1, 0.15) is 12.1 Å². The molecule has 0 aliphatic carbocycles. The van der Waals surface area contributed by atoms with Gasteiger partial charge in [-0.25, -0.2) is 4.79 Å². The zero-order valence-electron chi connectivity index (χ0n) is 17.0. The molecule has 2 atom stereocenters. The topological polar surface area (TPSA) is 119 Å². The van der Waals surface area contributed by atoms with Crippen LogP contribution < -0.4 is 10.6 Å². The highest BCUT2D eigenvalue weighted by molar-refractivity contribution is 7.80. The van der Waals surface area contributed by atoms with Gasteiger partial charge in [-0.05, 0) is 11.1 Å². The molecule has 0 saturated carbocycles. The molecule has 0 spiro atoms. The second kappa shape index (κ2) is 12.7. The first-order chi connectivity index (χ1) is 14.9. The van der Waals surface area contributed by atoms with Gasteiger partial charge in [0, 0.05) is 18.8 Å². The molecule has 2 aromatic carbocycles. The van der Waals surface area contributed by atoms with Gasteiger partial charge >= 0.3 is 5.97 Å². The summed E-state index contributed by atoms with van der Waals surface area (Å²) in [5.41, 5.74) is 2.06. The van der Waals surface area contributed by atoms with Crippen LogP contribution in [0.5, 0.6) is 0 Å². The molecule has 0 aliphatic heterocycles. The van der Waals surface area contributed by atoms with Crippen molar-refractivity contribution in [2.45, 2.75) is 25.2 Å². The Kier molecular flexibility index (Phi) is 10.0. The first kappa shape index (κ1) is 24.4. The molecule has 0 bridgehead atoms. The normalized spacial score (nSPS) is 12.7. The lowest BCUT2D eigenvalue weighted by atomic mass is 10.1. The van der Waals surface area contributed by atoms with Gasteiger partial charge in [0.15, 0.2) is 0 Å². The molecule has 0 saturated heterocycles. The summed E-state index contributed by atoms with van der Waals surface area (Å²) in [5, 5.41) is 23.3. The van der Waals surface area contributed by atoms with Crippen LogP contribution in [0.15, 0.2) is 60.7 Å². The third-order valence-electron chi connectivity index (χ3n) is 4.50. The monoisotopic (exact) mass is 445 g/mol. The van der Waals surface area contributed by atoms with Crippen molar-refractivity contribution in [2.24, 2.45) is 0 Å². The Morgan fingerprint density at radius 1 is 0.871 bits per heavy atom. The molecule has 2 rings (SSSR count). The SMILES string of the molecule is O=C(CN(Cc1ccccc1)Cc1ccccc1)N[C@@H](CO)C(=O)N[C@@H](CS)C(=O)O. The first-order valence-electron chi connectivity index (χ1n) is 9.77. The Hall–Kier alpha value is -2.88. The summed E-state index contributed by atoms with van der Waals surface area (Å²) in [6, 6.07) is 16.9. The number of thiol groups is 1. The van der Waals surface area contributed by atoms with Crippen LogP contribution >= 0.6 is 12.6 Å². The number of hydrogen-bond donors (Lipinski definition) is 5. The van der Waals surface area contributed by atoms with Crippen LogP contribution in [0.2, 0.25) is 0 Å². The summed E-state index contributed by atoms with van der Waals surface area (Å²) in [5.74, 6) is -2.60. The number of rotatable bonds is 12. The lowest BCUT2D eigenvalue weighted by molar-refractivity contribution is -0.141. The second-order valence-electron chi connectivity index (χ2n) is 7.00. The Labute approximate surface area is 186 Å². The van der Waals surface area contributed by atoms with Crippen molar-refractivity contribution in [1.82, 2.24) is 15.5 Å². The average Bonchev–Trinajstić information content (AvgIpc) is 2.76. The first-order valence-corrected chi connectivity index (χ1v) is 10.4. The Balaban J connectivity index is 2.03. The van der Waals surface area contributed by atoms with Crippen molar-refractivity contribution in [3.63, 3.8) is 0 Å². The fraction of sp³-hybridized carbons (Fsp3) is 0.318. The number of benzene rings is 2. The summed E-state index contributed by atoms with van der Waals surface area (Å²) in [6.45, 7) is 0.357. The van der Waals surface area contributed by atoms with E-state index in [0.717, 1.165) is 11.1 Å². The highest BCUT2D eigenvalue weighted by Gasteiger charge is 2.25. The predicted octanol–water partition coefficient (Wildman–Crippen LogP) is 0.665. The lowest BCUT2D eigenvalue weighted by Crippen LogP contribution is -2.54. The van der Waals surface area contributed by atoms with Gasteiger partial charge in [-0.15, -0.1) is 0 Å². The molecule has 9 heteroatoms. The highest BCUT2D eigenvalue weighted by Crippen LogP contribution is 2.10. The van der Waals surface area contributed by atoms with Gasteiger partial charge in [0.2, 0.25) is 11.8 Å². The summed E-state index contributed by atoms with van der Waals surface area (Å²) < 4.78 is 0. The number of aliphatic hydroxyl groups is 1. The fourth-order valence-electron chi connectivity index (χ4n) is 2.95. The zero-order chi connectivity index (χ0) is 22.6. The third kappa shape index (κ3) is 8.41.